The summed E-state index contributed by atoms with van der Waals surface area (Å²) in [5.74, 6) is 1.04. The lowest BCUT2D eigenvalue weighted by Crippen LogP contribution is -1.87. The molecule has 0 saturated carbocycles. The van der Waals surface area contributed by atoms with Gasteiger partial charge in [0.2, 0.25) is 0 Å². The number of aromatic hydroxyl groups is 2. The number of nitrogens with zero attached hydrogens (tertiary/aromatic N) is 1. The Morgan fingerprint density at radius 1 is 1.05 bits per heavy atom. The highest BCUT2D eigenvalue weighted by Gasteiger charge is 2.15. The number of ether oxygens (including phenoxy) is 1. The van der Waals surface area contributed by atoms with E-state index in [1.807, 2.05) is 24.3 Å². The van der Waals surface area contributed by atoms with Crippen LogP contribution >= 0.6 is 15.9 Å². The number of aromatic amines is 1. The molecule has 0 amide bonds. The van der Waals surface area contributed by atoms with E-state index in [1.54, 1.807) is 6.07 Å². The van der Waals surface area contributed by atoms with E-state index >= 15 is 0 Å². The number of phenols is 2. The van der Waals surface area contributed by atoms with Crippen LogP contribution in [0.25, 0.3) is 11.3 Å². The minimum absolute atomic E-state index is 0.0102. The first-order valence-electron chi connectivity index (χ1n) is 6.13. The SMILES string of the molecule is Oc1ccc(-c2[nH]ncc2Oc2ccccc2Br)c(O)c1. The maximum atomic E-state index is 9.94. The number of rotatable bonds is 3. The molecule has 0 aliphatic rings. The predicted octanol–water partition coefficient (Wildman–Crippen LogP) is 4.04. The number of halogens is 1. The zero-order valence-corrected chi connectivity index (χ0v) is 12.3. The smallest absolute Gasteiger partial charge is 0.173 e. The number of nitrogens with one attached hydrogen (secondary N) is 1. The molecule has 3 aromatic rings. The van der Waals surface area contributed by atoms with Gasteiger partial charge < -0.3 is 14.9 Å². The first-order chi connectivity index (χ1) is 10.1. The quantitative estimate of drug-likeness (QED) is 0.668. The predicted molar refractivity (Wildman–Crippen MR) is 81.6 cm³/mol. The van der Waals surface area contributed by atoms with Crippen molar-refractivity contribution in [3.63, 3.8) is 0 Å². The summed E-state index contributed by atoms with van der Waals surface area (Å²) in [5.41, 5.74) is 1.02. The van der Waals surface area contributed by atoms with E-state index in [1.165, 1.54) is 18.3 Å². The standard InChI is InChI=1S/C15H11BrN2O3/c16-11-3-1-2-4-13(11)21-14-8-17-18-15(14)10-6-5-9(19)7-12(10)20/h1-8,19-20H,(H,17,18). The van der Waals surface area contributed by atoms with Gasteiger partial charge in [-0.3, -0.25) is 5.10 Å². The van der Waals surface area contributed by atoms with Crippen LogP contribution in [0.5, 0.6) is 23.0 Å². The van der Waals surface area contributed by atoms with Crippen molar-refractivity contribution in [1.82, 2.24) is 10.2 Å². The number of aromatic nitrogens is 2. The number of H-pyrrole nitrogens is 1. The van der Waals surface area contributed by atoms with Crippen LogP contribution < -0.4 is 4.74 Å². The zero-order chi connectivity index (χ0) is 14.8. The molecule has 0 spiro atoms. The van der Waals surface area contributed by atoms with E-state index in [2.05, 4.69) is 26.1 Å². The van der Waals surface area contributed by atoms with E-state index in [-0.39, 0.29) is 11.5 Å². The largest absolute Gasteiger partial charge is 0.508 e. The van der Waals surface area contributed by atoms with E-state index in [9.17, 15) is 10.2 Å². The van der Waals surface area contributed by atoms with Gasteiger partial charge in [0.15, 0.2) is 5.75 Å². The van der Waals surface area contributed by atoms with Crippen molar-refractivity contribution in [3.05, 3.63) is 53.1 Å². The van der Waals surface area contributed by atoms with Crippen LogP contribution in [0.1, 0.15) is 0 Å². The second-order valence-corrected chi connectivity index (χ2v) is 5.20. The van der Waals surface area contributed by atoms with Crippen molar-refractivity contribution in [2.75, 3.05) is 0 Å². The van der Waals surface area contributed by atoms with Gasteiger partial charge in [0.05, 0.1) is 10.7 Å². The van der Waals surface area contributed by atoms with Gasteiger partial charge >= 0.3 is 0 Å². The lowest BCUT2D eigenvalue weighted by molar-refractivity contribution is 0.450. The summed E-state index contributed by atoms with van der Waals surface area (Å²) in [6, 6.07) is 11.8. The first kappa shape index (κ1) is 13.5. The monoisotopic (exact) mass is 346 g/mol. The molecular formula is C15H11BrN2O3. The molecule has 1 aromatic heterocycles. The van der Waals surface area contributed by atoms with Gasteiger partial charge in [-0.2, -0.15) is 5.10 Å². The third-order valence-corrected chi connectivity index (χ3v) is 3.57. The van der Waals surface area contributed by atoms with Crippen LogP contribution in [-0.4, -0.2) is 20.4 Å². The van der Waals surface area contributed by atoms with Crippen LogP contribution in [0.4, 0.5) is 0 Å². The Morgan fingerprint density at radius 2 is 1.86 bits per heavy atom. The van der Waals surface area contributed by atoms with Gasteiger partial charge in [-0.15, -0.1) is 0 Å². The van der Waals surface area contributed by atoms with Crippen molar-refractivity contribution < 1.29 is 14.9 Å². The summed E-state index contributed by atoms with van der Waals surface area (Å²) in [7, 11) is 0. The molecule has 0 aliphatic carbocycles. The average Bonchev–Trinajstić information content (AvgIpc) is 2.89. The number of hydrogen-bond donors (Lipinski definition) is 3. The highest BCUT2D eigenvalue weighted by atomic mass is 79.9. The molecular weight excluding hydrogens is 336 g/mol. The third-order valence-electron chi connectivity index (χ3n) is 2.91. The van der Waals surface area contributed by atoms with E-state index in [0.717, 1.165) is 4.47 Å². The lowest BCUT2D eigenvalue weighted by Gasteiger charge is -2.09. The average molecular weight is 347 g/mol. The highest BCUT2D eigenvalue weighted by molar-refractivity contribution is 9.10. The third kappa shape index (κ3) is 2.71. The summed E-state index contributed by atoms with van der Waals surface area (Å²) in [6.07, 6.45) is 1.53. The number of benzene rings is 2. The van der Waals surface area contributed by atoms with Crippen molar-refractivity contribution in [2.45, 2.75) is 0 Å². The van der Waals surface area contributed by atoms with Crippen molar-refractivity contribution in [2.24, 2.45) is 0 Å². The van der Waals surface area contributed by atoms with Crippen LogP contribution in [0.3, 0.4) is 0 Å². The van der Waals surface area contributed by atoms with Crippen LogP contribution in [0, 0.1) is 0 Å². The summed E-state index contributed by atoms with van der Waals surface area (Å²) >= 11 is 3.41. The Bertz CT molecular complexity index is 786. The molecule has 0 atom stereocenters. The summed E-state index contributed by atoms with van der Waals surface area (Å²) in [4.78, 5) is 0. The molecule has 2 aromatic carbocycles. The molecule has 0 radical (unpaired) electrons. The molecule has 106 valence electrons. The second kappa shape index (κ2) is 5.49. The maximum absolute atomic E-state index is 9.94. The molecule has 6 heteroatoms. The minimum Gasteiger partial charge on any atom is -0.508 e. The Morgan fingerprint density at radius 3 is 2.62 bits per heavy atom. The van der Waals surface area contributed by atoms with Gasteiger partial charge in [-0.1, -0.05) is 12.1 Å². The molecule has 0 unspecified atom stereocenters. The summed E-state index contributed by atoms with van der Waals surface area (Å²) < 4.78 is 6.62. The van der Waals surface area contributed by atoms with E-state index in [0.29, 0.717) is 22.8 Å². The van der Waals surface area contributed by atoms with Crippen molar-refractivity contribution >= 4 is 15.9 Å². The molecule has 1 heterocycles. The van der Waals surface area contributed by atoms with E-state index < -0.39 is 0 Å². The van der Waals surface area contributed by atoms with Gasteiger partial charge in [0, 0.05) is 11.6 Å². The molecule has 3 N–H and O–H groups in total. The van der Waals surface area contributed by atoms with Gasteiger partial charge in [0.25, 0.3) is 0 Å². The molecule has 21 heavy (non-hydrogen) atoms. The second-order valence-electron chi connectivity index (χ2n) is 4.34. The van der Waals surface area contributed by atoms with Gasteiger partial charge in [0.1, 0.15) is 22.9 Å². The zero-order valence-electron chi connectivity index (χ0n) is 10.7. The fourth-order valence-corrected chi connectivity index (χ4v) is 2.29. The Balaban J connectivity index is 2.00. The van der Waals surface area contributed by atoms with Gasteiger partial charge in [-0.25, -0.2) is 0 Å². The molecule has 0 bridgehead atoms. The summed E-state index contributed by atoms with van der Waals surface area (Å²) in [5, 5.41) is 26.0. The molecule has 3 rings (SSSR count). The Labute approximate surface area is 129 Å². The van der Waals surface area contributed by atoms with Gasteiger partial charge in [-0.05, 0) is 40.2 Å². The normalized spacial score (nSPS) is 10.5. The first-order valence-corrected chi connectivity index (χ1v) is 6.92. The number of phenolic OH excluding ortho intramolecular Hbond substituents is 2. The van der Waals surface area contributed by atoms with Crippen LogP contribution in [-0.2, 0) is 0 Å². The molecule has 0 aliphatic heterocycles. The van der Waals surface area contributed by atoms with Crippen molar-refractivity contribution in [3.8, 4) is 34.3 Å². The molecule has 5 nitrogen and oxygen atoms in total. The summed E-state index contributed by atoms with van der Waals surface area (Å²) in [6.45, 7) is 0. The van der Waals surface area contributed by atoms with E-state index in [4.69, 9.17) is 4.74 Å². The lowest BCUT2D eigenvalue weighted by atomic mass is 10.1. The minimum atomic E-state index is -0.0590. The topological polar surface area (TPSA) is 78.4 Å². The number of para-hydroxylation sites is 1. The Hall–Kier alpha value is -2.47. The van der Waals surface area contributed by atoms with Crippen LogP contribution in [0.2, 0.25) is 0 Å². The van der Waals surface area contributed by atoms with Crippen LogP contribution in [0.15, 0.2) is 53.1 Å². The molecule has 0 saturated heterocycles. The maximum Gasteiger partial charge on any atom is 0.173 e. The highest BCUT2D eigenvalue weighted by Crippen LogP contribution is 2.38. The fraction of sp³-hybridized carbons (Fsp3) is 0. The number of hydrogen-bond acceptors (Lipinski definition) is 4. The van der Waals surface area contributed by atoms with Crippen molar-refractivity contribution in [1.29, 1.82) is 0 Å². The molecule has 0 fully saturated rings. The fourth-order valence-electron chi connectivity index (χ4n) is 1.92. The Kier molecular flexibility index (Phi) is 3.53.